The van der Waals surface area contributed by atoms with Crippen LogP contribution in [0.4, 0.5) is 5.00 Å². The van der Waals surface area contributed by atoms with Gasteiger partial charge >= 0.3 is 0 Å². The van der Waals surface area contributed by atoms with Crippen molar-refractivity contribution in [1.82, 2.24) is 14.6 Å². The van der Waals surface area contributed by atoms with Crippen molar-refractivity contribution in [3.63, 3.8) is 0 Å². The third kappa shape index (κ3) is 2.62. The van der Waals surface area contributed by atoms with Crippen LogP contribution in [0.1, 0.15) is 0 Å². The maximum Gasteiger partial charge on any atom is 0.266 e. The highest BCUT2D eigenvalue weighted by atomic mass is 35.5. The molecular formula is C7H5ClN4O3S2. The number of halogens is 1. The second-order valence-corrected chi connectivity index (χ2v) is 5.78. The number of rotatable bonds is 3. The lowest BCUT2D eigenvalue weighted by Crippen LogP contribution is -2.15. The first-order chi connectivity index (χ1) is 7.99. The van der Waals surface area contributed by atoms with Gasteiger partial charge in [-0.25, -0.2) is 8.42 Å². The summed E-state index contributed by atoms with van der Waals surface area (Å²) < 4.78 is 29.4. The van der Waals surface area contributed by atoms with E-state index in [0.717, 1.165) is 23.8 Å². The number of anilines is 1. The normalized spacial score (nSPS) is 11.4. The average Bonchev–Trinajstić information content (AvgIpc) is 2.73. The summed E-state index contributed by atoms with van der Waals surface area (Å²) >= 11 is 6.44. The third-order valence-corrected chi connectivity index (χ3v) is 4.07. The molecule has 7 nitrogen and oxygen atoms in total. The fraction of sp³-hybridized carbons (Fsp3) is 0. The fourth-order valence-electron chi connectivity index (χ4n) is 0.996. The number of aromatic nitrogens is 3. The molecule has 2 rings (SSSR count). The van der Waals surface area contributed by atoms with Crippen molar-refractivity contribution in [2.75, 3.05) is 4.72 Å². The van der Waals surface area contributed by atoms with Gasteiger partial charge in [-0.1, -0.05) is 16.1 Å². The van der Waals surface area contributed by atoms with Crippen molar-refractivity contribution in [3.8, 4) is 0 Å². The fourth-order valence-corrected chi connectivity index (χ4v) is 2.91. The van der Waals surface area contributed by atoms with Crippen molar-refractivity contribution in [3.05, 3.63) is 33.8 Å². The molecule has 0 aliphatic carbocycles. The summed E-state index contributed by atoms with van der Waals surface area (Å²) in [6.45, 7) is 0. The minimum absolute atomic E-state index is 0.143. The van der Waals surface area contributed by atoms with E-state index in [4.69, 9.17) is 11.6 Å². The predicted molar refractivity (Wildman–Crippen MR) is 62.8 cm³/mol. The zero-order chi connectivity index (χ0) is 12.5. The Bertz CT molecular complexity index is 679. The van der Waals surface area contributed by atoms with Crippen molar-refractivity contribution in [2.24, 2.45) is 0 Å². The molecule has 0 unspecified atom stereocenters. The van der Waals surface area contributed by atoms with E-state index in [2.05, 4.69) is 19.3 Å². The van der Waals surface area contributed by atoms with Crippen molar-refractivity contribution >= 4 is 38.2 Å². The molecule has 0 saturated carbocycles. The molecule has 0 aliphatic heterocycles. The molecule has 2 heterocycles. The van der Waals surface area contributed by atoms with E-state index in [-0.39, 0.29) is 14.9 Å². The number of pyridine rings is 1. The number of nitrogens with one attached hydrogen (secondary N) is 2. The second-order valence-electron chi connectivity index (χ2n) is 2.90. The lowest BCUT2D eigenvalue weighted by Gasteiger charge is -2.04. The van der Waals surface area contributed by atoms with Gasteiger partial charge in [-0.3, -0.25) is 9.52 Å². The van der Waals surface area contributed by atoms with Crippen LogP contribution in [0, 0.1) is 0 Å². The SMILES string of the molecule is O=c1[nH]cc(S(=O)(=O)Nc2cnns2)cc1Cl. The van der Waals surface area contributed by atoms with Gasteiger partial charge < -0.3 is 4.98 Å². The molecule has 0 fully saturated rings. The van der Waals surface area contributed by atoms with Gasteiger partial charge in [-0.05, 0) is 6.07 Å². The minimum Gasteiger partial charge on any atom is -0.326 e. The van der Waals surface area contributed by atoms with E-state index in [0.29, 0.717) is 0 Å². The highest BCUT2D eigenvalue weighted by molar-refractivity contribution is 7.93. The Kier molecular flexibility index (Phi) is 3.13. The van der Waals surface area contributed by atoms with Gasteiger partial charge in [-0.2, -0.15) is 0 Å². The van der Waals surface area contributed by atoms with E-state index < -0.39 is 15.6 Å². The standard InChI is InChI=1S/C7H5ClN4O3S2/c8-5-1-4(2-9-7(5)13)17(14,15)11-6-3-10-12-16-6/h1-3,11H,(H,9,13). The Labute approximate surface area is 105 Å². The molecule has 0 bridgehead atoms. The summed E-state index contributed by atoms with van der Waals surface area (Å²) in [5.74, 6) is 0. The first-order valence-corrected chi connectivity index (χ1v) is 6.81. The monoisotopic (exact) mass is 292 g/mol. The highest BCUT2D eigenvalue weighted by Gasteiger charge is 2.16. The Morgan fingerprint density at radius 3 is 2.82 bits per heavy atom. The van der Waals surface area contributed by atoms with Crippen LogP contribution in [-0.4, -0.2) is 23.0 Å². The molecule has 90 valence electrons. The zero-order valence-electron chi connectivity index (χ0n) is 8.05. The molecule has 0 aliphatic rings. The van der Waals surface area contributed by atoms with Crippen LogP contribution in [0.3, 0.4) is 0 Å². The summed E-state index contributed by atoms with van der Waals surface area (Å²) in [5, 5.41) is 3.56. The molecule has 10 heteroatoms. The van der Waals surface area contributed by atoms with Crippen molar-refractivity contribution in [2.45, 2.75) is 4.90 Å². The lowest BCUT2D eigenvalue weighted by molar-refractivity contribution is 0.601. The number of sulfonamides is 1. The summed E-state index contributed by atoms with van der Waals surface area (Å²) in [6.07, 6.45) is 2.33. The van der Waals surface area contributed by atoms with Crippen molar-refractivity contribution < 1.29 is 8.42 Å². The second kappa shape index (κ2) is 4.43. The minimum atomic E-state index is -3.80. The van der Waals surface area contributed by atoms with E-state index in [1.165, 1.54) is 6.20 Å². The van der Waals surface area contributed by atoms with E-state index in [1.807, 2.05) is 0 Å². The topological polar surface area (TPSA) is 105 Å². The molecule has 0 aromatic carbocycles. The average molecular weight is 293 g/mol. The first-order valence-electron chi connectivity index (χ1n) is 4.17. The van der Waals surface area contributed by atoms with Gasteiger partial charge in [0.25, 0.3) is 15.6 Å². The predicted octanol–water partition coefficient (Wildman–Crippen LogP) is 0.681. The Morgan fingerprint density at radius 1 is 1.47 bits per heavy atom. The molecule has 2 aromatic rings. The molecule has 2 N–H and O–H groups in total. The largest absolute Gasteiger partial charge is 0.326 e. The van der Waals surface area contributed by atoms with Gasteiger partial charge in [0.2, 0.25) is 0 Å². The highest BCUT2D eigenvalue weighted by Crippen LogP contribution is 2.17. The molecular weight excluding hydrogens is 288 g/mol. The van der Waals surface area contributed by atoms with Crippen LogP contribution in [0.2, 0.25) is 5.02 Å². The van der Waals surface area contributed by atoms with Crippen LogP contribution < -0.4 is 10.3 Å². The number of hydrogen-bond acceptors (Lipinski definition) is 6. The first kappa shape index (κ1) is 12.0. The quantitative estimate of drug-likeness (QED) is 0.865. The summed E-state index contributed by atoms with van der Waals surface area (Å²) in [6, 6.07) is 1.07. The number of aromatic amines is 1. The molecule has 17 heavy (non-hydrogen) atoms. The van der Waals surface area contributed by atoms with E-state index >= 15 is 0 Å². The molecule has 2 aromatic heterocycles. The van der Waals surface area contributed by atoms with Crippen molar-refractivity contribution in [1.29, 1.82) is 0 Å². The zero-order valence-corrected chi connectivity index (χ0v) is 10.4. The van der Waals surface area contributed by atoms with Crippen LogP contribution in [0.5, 0.6) is 0 Å². The molecule has 0 radical (unpaired) electrons. The van der Waals surface area contributed by atoms with Crippen LogP contribution in [0.15, 0.2) is 28.2 Å². The van der Waals surface area contributed by atoms with E-state index in [1.54, 1.807) is 0 Å². The maximum atomic E-state index is 11.8. The van der Waals surface area contributed by atoms with Crippen LogP contribution >= 0.6 is 23.1 Å². The molecule has 0 saturated heterocycles. The number of nitrogens with zero attached hydrogens (tertiary/aromatic N) is 2. The maximum absolute atomic E-state index is 11.8. The third-order valence-electron chi connectivity index (χ3n) is 1.74. The molecule has 0 amide bonds. The smallest absolute Gasteiger partial charge is 0.266 e. The summed E-state index contributed by atoms with van der Waals surface area (Å²) in [5.41, 5.74) is -0.551. The Balaban J connectivity index is 2.38. The number of hydrogen-bond donors (Lipinski definition) is 2. The molecule has 0 spiro atoms. The van der Waals surface area contributed by atoms with E-state index in [9.17, 15) is 13.2 Å². The van der Waals surface area contributed by atoms with Gasteiger partial charge in [0.05, 0.1) is 6.20 Å². The number of H-pyrrole nitrogens is 1. The van der Waals surface area contributed by atoms with Gasteiger partial charge in [0.15, 0.2) is 0 Å². The molecule has 0 atom stereocenters. The Morgan fingerprint density at radius 2 is 2.24 bits per heavy atom. The van der Waals surface area contributed by atoms with Gasteiger partial charge in [-0.15, -0.1) is 5.10 Å². The van der Waals surface area contributed by atoms with Gasteiger partial charge in [0.1, 0.15) is 14.9 Å². The summed E-state index contributed by atoms with van der Waals surface area (Å²) in [4.78, 5) is 13.1. The van der Waals surface area contributed by atoms with Gasteiger partial charge in [0, 0.05) is 17.7 Å². The van der Waals surface area contributed by atoms with Crippen LogP contribution in [0.25, 0.3) is 0 Å². The Hall–Kier alpha value is -1.45. The lowest BCUT2D eigenvalue weighted by atomic mass is 10.5. The van der Waals surface area contributed by atoms with Crippen LogP contribution in [-0.2, 0) is 10.0 Å². The summed E-state index contributed by atoms with van der Waals surface area (Å²) in [7, 11) is -3.80.